The van der Waals surface area contributed by atoms with Crippen LogP contribution in [0.3, 0.4) is 0 Å². The summed E-state index contributed by atoms with van der Waals surface area (Å²) in [5, 5.41) is 16.9. The molecule has 0 unspecified atom stereocenters. The van der Waals surface area contributed by atoms with Crippen molar-refractivity contribution in [1.82, 2.24) is 20.2 Å². The van der Waals surface area contributed by atoms with E-state index in [1.165, 1.54) is 0 Å². The van der Waals surface area contributed by atoms with Gasteiger partial charge in [0.2, 0.25) is 0 Å². The summed E-state index contributed by atoms with van der Waals surface area (Å²) >= 11 is 4.11. The molecule has 1 aromatic heterocycles. The van der Waals surface area contributed by atoms with Crippen LogP contribution in [0.1, 0.15) is 25.7 Å². The summed E-state index contributed by atoms with van der Waals surface area (Å²) in [4.78, 5) is 0. The van der Waals surface area contributed by atoms with Gasteiger partial charge in [-0.3, -0.25) is 0 Å². The molecule has 0 aliphatic rings. The molecular weight excluding hydrogens is 176 g/mol. The maximum absolute atomic E-state index is 8.66. The first-order valence-electron chi connectivity index (χ1n) is 3.72. The van der Waals surface area contributed by atoms with Gasteiger partial charge in [0.25, 0.3) is 0 Å². The quantitative estimate of drug-likeness (QED) is 0.481. The van der Waals surface area contributed by atoms with Gasteiger partial charge in [-0.25, -0.2) is 0 Å². The molecule has 0 saturated heterocycles. The van der Waals surface area contributed by atoms with Gasteiger partial charge in [0.05, 0.1) is 6.04 Å². The minimum Gasteiger partial charge on any atom is -0.316 e. The lowest BCUT2D eigenvalue weighted by atomic mass is 10.3. The van der Waals surface area contributed by atoms with Gasteiger partial charge in [-0.1, -0.05) is 0 Å². The molecule has 0 radical (unpaired) electrons. The molecule has 1 rings (SSSR count). The van der Waals surface area contributed by atoms with E-state index >= 15 is 0 Å². The second kappa shape index (κ2) is 3.88. The number of hydroxylamine groups is 1. The summed E-state index contributed by atoms with van der Waals surface area (Å²) in [6, 6.07) is -0.224. The zero-order valence-corrected chi connectivity index (χ0v) is 7.91. The van der Waals surface area contributed by atoms with E-state index in [1.54, 1.807) is 6.92 Å². The second-order valence-electron chi connectivity index (χ2n) is 2.45. The molecule has 1 aromatic rings. The van der Waals surface area contributed by atoms with Gasteiger partial charge in [-0.2, -0.15) is 5.48 Å². The molecule has 5 nitrogen and oxygen atoms in total. The number of hydrogen-bond donors (Lipinski definition) is 3. The van der Waals surface area contributed by atoms with Crippen LogP contribution >= 0.6 is 12.6 Å². The Hall–Kier alpha value is -0.590. The third-order valence-electron chi connectivity index (χ3n) is 1.66. The average Bonchev–Trinajstić information content (AvgIpc) is 2.45. The van der Waals surface area contributed by atoms with Crippen LogP contribution in [0, 0.1) is 0 Å². The number of hydrogen-bond acceptors (Lipinski definition) is 5. The summed E-state index contributed by atoms with van der Waals surface area (Å²) in [7, 11) is 0. The van der Waals surface area contributed by atoms with E-state index in [-0.39, 0.29) is 6.04 Å². The van der Waals surface area contributed by atoms with Gasteiger partial charge >= 0.3 is 0 Å². The Morgan fingerprint density at radius 3 is 2.83 bits per heavy atom. The van der Waals surface area contributed by atoms with E-state index in [1.807, 2.05) is 11.5 Å². The highest BCUT2D eigenvalue weighted by molar-refractivity contribution is 7.80. The lowest BCUT2D eigenvalue weighted by Gasteiger charge is -2.09. The van der Waals surface area contributed by atoms with Crippen LogP contribution < -0.4 is 5.48 Å². The zero-order chi connectivity index (χ0) is 9.14. The van der Waals surface area contributed by atoms with Crippen LogP contribution in [0.5, 0.6) is 0 Å². The molecule has 2 N–H and O–H groups in total. The molecule has 0 amide bonds. The van der Waals surface area contributed by atoms with Gasteiger partial charge in [0, 0.05) is 6.54 Å². The Labute approximate surface area is 76.2 Å². The number of aromatic nitrogens is 3. The first-order chi connectivity index (χ1) is 5.70. The third kappa shape index (κ3) is 1.60. The Morgan fingerprint density at radius 1 is 1.67 bits per heavy atom. The first kappa shape index (κ1) is 9.50. The maximum atomic E-state index is 8.66. The van der Waals surface area contributed by atoms with Gasteiger partial charge in [0.15, 0.2) is 11.0 Å². The number of nitrogens with zero attached hydrogens (tertiary/aromatic N) is 3. The molecule has 1 atom stereocenters. The smallest absolute Gasteiger partial charge is 0.188 e. The van der Waals surface area contributed by atoms with E-state index < -0.39 is 0 Å². The highest BCUT2D eigenvalue weighted by Gasteiger charge is 2.13. The molecule has 1 heterocycles. The summed E-state index contributed by atoms with van der Waals surface area (Å²) in [6.07, 6.45) is 0. The lowest BCUT2D eigenvalue weighted by molar-refractivity contribution is 0.128. The maximum Gasteiger partial charge on any atom is 0.188 e. The highest BCUT2D eigenvalue weighted by atomic mass is 32.1. The molecule has 0 saturated carbocycles. The molecule has 0 bridgehead atoms. The van der Waals surface area contributed by atoms with E-state index in [2.05, 4.69) is 28.3 Å². The Balaban J connectivity index is 2.98. The van der Waals surface area contributed by atoms with Crippen LogP contribution in [0.2, 0.25) is 0 Å². The average molecular weight is 188 g/mol. The monoisotopic (exact) mass is 188 g/mol. The van der Waals surface area contributed by atoms with Crippen LogP contribution in [0.4, 0.5) is 0 Å². The van der Waals surface area contributed by atoms with Crippen molar-refractivity contribution in [3.8, 4) is 0 Å². The second-order valence-corrected chi connectivity index (χ2v) is 2.85. The van der Waals surface area contributed by atoms with E-state index in [4.69, 9.17) is 5.21 Å². The van der Waals surface area contributed by atoms with Gasteiger partial charge in [-0.05, 0) is 13.8 Å². The van der Waals surface area contributed by atoms with Crippen molar-refractivity contribution >= 4 is 12.6 Å². The number of thiol groups is 1. The van der Waals surface area contributed by atoms with Crippen molar-refractivity contribution in [1.29, 1.82) is 0 Å². The molecule has 0 aromatic carbocycles. The molecule has 68 valence electrons. The molecule has 0 fully saturated rings. The fraction of sp³-hybridized carbons (Fsp3) is 0.667. The van der Waals surface area contributed by atoms with Crippen LogP contribution in [0.15, 0.2) is 5.16 Å². The topological polar surface area (TPSA) is 63.0 Å². The summed E-state index contributed by atoms with van der Waals surface area (Å²) < 4.78 is 1.82. The van der Waals surface area contributed by atoms with Crippen molar-refractivity contribution in [2.75, 3.05) is 0 Å². The van der Waals surface area contributed by atoms with Crippen molar-refractivity contribution in [2.45, 2.75) is 31.6 Å². The van der Waals surface area contributed by atoms with Gasteiger partial charge < -0.3 is 9.77 Å². The summed E-state index contributed by atoms with van der Waals surface area (Å²) in [5.41, 5.74) is 2.11. The number of rotatable bonds is 3. The third-order valence-corrected chi connectivity index (χ3v) is 1.99. The molecule has 0 aliphatic heterocycles. The predicted molar refractivity (Wildman–Crippen MR) is 46.3 cm³/mol. The Kier molecular flexibility index (Phi) is 3.07. The first-order valence-corrected chi connectivity index (χ1v) is 4.17. The van der Waals surface area contributed by atoms with Crippen molar-refractivity contribution in [3.05, 3.63) is 5.82 Å². The Bertz CT molecular complexity index is 262. The van der Waals surface area contributed by atoms with Gasteiger partial charge in [0.1, 0.15) is 0 Å². The highest BCUT2D eigenvalue weighted by Crippen LogP contribution is 2.12. The van der Waals surface area contributed by atoms with Crippen molar-refractivity contribution < 1.29 is 5.21 Å². The van der Waals surface area contributed by atoms with Crippen LogP contribution in [-0.4, -0.2) is 20.0 Å². The molecule has 0 aliphatic carbocycles. The van der Waals surface area contributed by atoms with E-state index in [9.17, 15) is 0 Å². The van der Waals surface area contributed by atoms with Crippen LogP contribution in [-0.2, 0) is 6.54 Å². The minimum atomic E-state index is -0.224. The SMILES string of the molecule is CCn1c(S)nnc1[C@@H](C)NO. The zero-order valence-electron chi connectivity index (χ0n) is 7.02. The van der Waals surface area contributed by atoms with Gasteiger partial charge in [-0.15, -0.1) is 22.8 Å². The van der Waals surface area contributed by atoms with Crippen LogP contribution in [0.25, 0.3) is 0 Å². The normalized spacial score (nSPS) is 13.3. The lowest BCUT2D eigenvalue weighted by Crippen LogP contribution is -2.18. The molecular formula is C6H12N4OS. The predicted octanol–water partition coefficient (Wildman–Crippen LogP) is 0.627. The van der Waals surface area contributed by atoms with Crippen molar-refractivity contribution in [3.63, 3.8) is 0 Å². The largest absolute Gasteiger partial charge is 0.316 e. The van der Waals surface area contributed by atoms with Crippen molar-refractivity contribution in [2.24, 2.45) is 0 Å². The summed E-state index contributed by atoms with van der Waals surface area (Å²) in [6.45, 7) is 4.51. The van der Waals surface area contributed by atoms with E-state index in [0.29, 0.717) is 11.0 Å². The Morgan fingerprint density at radius 2 is 2.33 bits per heavy atom. The van der Waals surface area contributed by atoms with E-state index in [0.717, 1.165) is 6.54 Å². The minimum absolute atomic E-state index is 0.224. The standard InChI is InChI=1S/C6H12N4OS/c1-3-10-5(4(2)9-11)7-8-6(10)12/h4,9,11H,3H2,1-2H3,(H,8,12)/t4-/m1/s1. The molecule has 0 spiro atoms. The molecule has 6 heteroatoms. The molecule has 12 heavy (non-hydrogen) atoms. The fourth-order valence-electron chi connectivity index (χ4n) is 0.988. The fourth-order valence-corrected chi connectivity index (χ4v) is 1.28. The summed E-state index contributed by atoms with van der Waals surface area (Å²) in [5.74, 6) is 0.685. The number of nitrogens with one attached hydrogen (secondary N) is 1.